The van der Waals surface area contributed by atoms with E-state index >= 15 is 0 Å². The third kappa shape index (κ3) is 3.29. The van der Waals surface area contributed by atoms with Crippen molar-refractivity contribution in [3.8, 4) is 0 Å². The number of aryl methyl sites for hydroxylation is 1. The van der Waals surface area contributed by atoms with Crippen molar-refractivity contribution in [2.75, 3.05) is 6.54 Å². The number of hydrogen-bond acceptors (Lipinski definition) is 3. The van der Waals surface area contributed by atoms with Gasteiger partial charge in [-0.2, -0.15) is 5.10 Å². The van der Waals surface area contributed by atoms with E-state index in [0.29, 0.717) is 18.3 Å². The van der Waals surface area contributed by atoms with Crippen LogP contribution in [0.3, 0.4) is 0 Å². The Bertz CT molecular complexity index is 591. The van der Waals surface area contributed by atoms with Crippen molar-refractivity contribution in [3.05, 3.63) is 47.5 Å². The zero-order valence-corrected chi connectivity index (χ0v) is 12.2. The summed E-state index contributed by atoms with van der Waals surface area (Å²) in [5.41, 5.74) is 2.56. The predicted octanol–water partition coefficient (Wildman–Crippen LogP) is 1.89. The van der Waals surface area contributed by atoms with E-state index in [1.165, 1.54) is 17.5 Å². The molecule has 0 radical (unpaired) electrons. The molecule has 0 aliphatic carbocycles. The summed E-state index contributed by atoms with van der Waals surface area (Å²) in [7, 11) is 0. The average molecular weight is 284 g/mol. The van der Waals surface area contributed by atoms with Crippen molar-refractivity contribution in [1.82, 2.24) is 20.1 Å². The topological polar surface area (TPSA) is 61.9 Å². The number of rotatable bonds is 4. The van der Waals surface area contributed by atoms with Crippen LogP contribution in [0.15, 0.2) is 30.6 Å². The average Bonchev–Trinajstić information content (AvgIpc) is 3.13. The van der Waals surface area contributed by atoms with E-state index < -0.39 is 0 Å². The molecule has 5 nitrogen and oxygen atoms in total. The number of nitrogens with zero attached hydrogens (tertiary/aromatic N) is 3. The lowest BCUT2D eigenvalue weighted by Crippen LogP contribution is -2.38. The molecule has 1 aromatic heterocycles. The molecule has 2 heterocycles. The molecule has 1 fully saturated rings. The standard InChI is InChI=1S/C16H20N4O/c1-12-4-6-13(7-5-12)9-14-3-2-8-20(14)16(21)10-15-17-11-18-19-15/h4-7,11,14H,2-3,8-10H2,1H3,(H,17,18,19). The van der Waals surface area contributed by atoms with Crippen LogP contribution in [0.2, 0.25) is 0 Å². The highest BCUT2D eigenvalue weighted by Gasteiger charge is 2.29. The number of aromatic amines is 1. The van der Waals surface area contributed by atoms with Gasteiger partial charge in [-0.25, -0.2) is 4.98 Å². The fraction of sp³-hybridized carbons (Fsp3) is 0.438. The Morgan fingerprint density at radius 1 is 1.38 bits per heavy atom. The van der Waals surface area contributed by atoms with E-state index in [4.69, 9.17) is 0 Å². The molecule has 21 heavy (non-hydrogen) atoms. The highest BCUT2D eigenvalue weighted by molar-refractivity contribution is 5.78. The summed E-state index contributed by atoms with van der Waals surface area (Å²) < 4.78 is 0. The Balaban J connectivity index is 1.64. The van der Waals surface area contributed by atoms with Gasteiger partial charge in [0.15, 0.2) is 0 Å². The number of amides is 1. The van der Waals surface area contributed by atoms with Gasteiger partial charge in [-0.3, -0.25) is 9.89 Å². The third-order valence-corrected chi connectivity index (χ3v) is 4.07. The van der Waals surface area contributed by atoms with Gasteiger partial charge in [0.25, 0.3) is 0 Å². The summed E-state index contributed by atoms with van der Waals surface area (Å²) >= 11 is 0. The molecular weight excluding hydrogens is 264 g/mol. The summed E-state index contributed by atoms with van der Waals surface area (Å²) in [5, 5.41) is 6.54. The number of aromatic nitrogens is 3. The lowest BCUT2D eigenvalue weighted by Gasteiger charge is -2.24. The largest absolute Gasteiger partial charge is 0.339 e. The van der Waals surface area contributed by atoms with Crippen molar-refractivity contribution >= 4 is 5.91 Å². The number of carbonyl (C=O) groups is 1. The minimum absolute atomic E-state index is 0.140. The number of H-pyrrole nitrogens is 1. The fourth-order valence-electron chi connectivity index (χ4n) is 2.93. The van der Waals surface area contributed by atoms with E-state index in [2.05, 4.69) is 46.4 Å². The minimum atomic E-state index is 0.140. The summed E-state index contributed by atoms with van der Waals surface area (Å²) in [6, 6.07) is 8.89. The van der Waals surface area contributed by atoms with Crippen LogP contribution in [0.5, 0.6) is 0 Å². The van der Waals surface area contributed by atoms with E-state index in [9.17, 15) is 4.79 Å². The number of benzene rings is 1. The molecule has 1 unspecified atom stereocenters. The molecule has 5 heteroatoms. The summed E-state index contributed by atoms with van der Waals surface area (Å²) in [6.07, 6.45) is 4.85. The number of nitrogens with one attached hydrogen (secondary N) is 1. The van der Waals surface area contributed by atoms with Gasteiger partial charge in [-0.1, -0.05) is 29.8 Å². The normalized spacial score (nSPS) is 18.1. The zero-order chi connectivity index (χ0) is 14.7. The van der Waals surface area contributed by atoms with Gasteiger partial charge in [0.05, 0.1) is 6.42 Å². The van der Waals surface area contributed by atoms with Crippen molar-refractivity contribution in [3.63, 3.8) is 0 Å². The van der Waals surface area contributed by atoms with Gasteiger partial charge in [0.2, 0.25) is 5.91 Å². The van der Waals surface area contributed by atoms with Crippen molar-refractivity contribution in [1.29, 1.82) is 0 Å². The molecule has 1 aliphatic heterocycles. The van der Waals surface area contributed by atoms with Crippen LogP contribution < -0.4 is 0 Å². The van der Waals surface area contributed by atoms with Gasteiger partial charge in [0, 0.05) is 12.6 Å². The van der Waals surface area contributed by atoms with Gasteiger partial charge >= 0.3 is 0 Å². The molecule has 1 saturated heterocycles. The molecule has 3 rings (SSSR count). The molecule has 2 aromatic rings. The first-order chi connectivity index (χ1) is 10.2. The SMILES string of the molecule is Cc1ccc(CC2CCCN2C(=O)Cc2ncn[nH]2)cc1. The molecule has 1 atom stereocenters. The van der Waals surface area contributed by atoms with Crippen LogP contribution in [0.4, 0.5) is 0 Å². The maximum atomic E-state index is 12.4. The van der Waals surface area contributed by atoms with E-state index in [1.807, 2.05) is 4.90 Å². The lowest BCUT2D eigenvalue weighted by molar-refractivity contribution is -0.131. The second-order valence-corrected chi connectivity index (χ2v) is 5.68. The predicted molar refractivity (Wildman–Crippen MR) is 79.7 cm³/mol. The van der Waals surface area contributed by atoms with Crippen LogP contribution in [-0.4, -0.2) is 38.6 Å². The Kier molecular flexibility index (Phi) is 3.99. The van der Waals surface area contributed by atoms with Gasteiger partial charge in [-0.15, -0.1) is 0 Å². The quantitative estimate of drug-likeness (QED) is 0.932. The van der Waals surface area contributed by atoms with Gasteiger partial charge < -0.3 is 4.90 Å². The van der Waals surface area contributed by atoms with Gasteiger partial charge in [0.1, 0.15) is 12.2 Å². The van der Waals surface area contributed by atoms with Crippen LogP contribution in [0.25, 0.3) is 0 Å². The summed E-state index contributed by atoms with van der Waals surface area (Å²) in [4.78, 5) is 18.4. The third-order valence-electron chi connectivity index (χ3n) is 4.07. The number of likely N-dealkylation sites (tertiary alicyclic amines) is 1. The minimum Gasteiger partial charge on any atom is -0.339 e. The summed E-state index contributed by atoms with van der Waals surface area (Å²) in [5.74, 6) is 0.780. The molecule has 0 spiro atoms. The highest BCUT2D eigenvalue weighted by atomic mass is 16.2. The first kappa shape index (κ1) is 13.8. The maximum absolute atomic E-state index is 12.4. The first-order valence-electron chi connectivity index (χ1n) is 7.41. The lowest BCUT2D eigenvalue weighted by atomic mass is 10.0. The second-order valence-electron chi connectivity index (χ2n) is 5.68. The maximum Gasteiger partial charge on any atom is 0.230 e. The van der Waals surface area contributed by atoms with Crippen LogP contribution >= 0.6 is 0 Å². The van der Waals surface area contributed by atoms with Crippen LogP contribution in [0.1, 0.15) is 29.8 Å². The molecule has 0 bridgehead atoms. The molecule has 110 valence electrons. The number of hydrogen-bond donors (Lipinski definition) is 1. The summed E-state index contributed by atoms with van der Waals surface area (Å²) in [6.45, 7) is 2.94. The van der Waals surface area contributed by atoms with Crippen LogP contribution in [0, 0.1) is 6.92 Å². The zero-order valence-electron chi connectivity index (χ0n) is 12.2. The smallest absolute Gasteiger partial charge is 0.230 e. The van der Waals surface area contributed by atoms with E-state index in [0.717, 1.165) is 25.8 Å². The molecule has 1 amide bonds. The highest BCUT2D eigenvalue weighted by Crippen LogP contribution is 2.22. The van der Waals surface area contributed by atoms with Gasteiger partial charge in [-0.05, 0) is 31.7 Å². The van der Waals surface area contributed by atoms with Crippen LogP contribution in [-0.2, 0) is 17.6 Å². The van der Waals surface area contributed by atoms with Crippen molar-refractivity contribution in [2.45, 2.75) is 38.6 Å². The molecule has 1 aromatic carbocycles. The Labute approximate surface area is 124 Å². The van der Waals surface area contributed by atoms with E-state index in [-0.39, 0.29) is 5.91 Å². The molecule has 1 aliphatic rings. The number of carbonyl (C=O) groups excluding carboxylic acids is 1. The monoisotopic (exact) mass is 284 g/mol. The second kappa shape index (κ2) is 6.08. The Morgan fingerprint density at radius 3 is 2.90 bits per heavy atom. The first-order valence-corrected chi connectivity index (χ1v) is 7.41. The Morgan fingerprint density at radius 2 is 2.19 bits per heavy atom. The van der Waals surface area contributed by atoms with Crippen molar-refractivity contribution in [2.24, 2.45) is 0 Å². The van der Waals surface area contributed by atoms with Crippen molar-refractivity contribution < 1.29 is 4.79 Å². The fourth-order valence-corrected chi connectivity index (χ4v) is 2.93. The molecule has 1 N–H and O–H groups in total. The molecule has 0 saturated carbocycles. The van der Waals surface area contributed by atoms with E-state index in [1.54, 1.807) is 0 Å². The Hall–Kier alpha value is -2.17. The molecular formula is C16H20N4O.